The van der Waals surface area contributed by atoms with Gasteiger partial charge in [0.15, 0.2) is 5.65 Å². The second-order valence-electron chi connectivity index (χ2n) is 5.14. The van der Waals surface area contributed by atoms with Gasteiger partial charge < -0.3 is 9.72 Å². The van der Waals surface area contributed by atoms with E-state index in [9.17, 15) is 22.8 Å². The molecule has 0 fully saturated rings. The lowest BCUT2D eigenvalue weighted by atomic mass is 10.1. The van der Waals surface area contributed by atoms with E-state index in [1.54, 1.807) is 6.92 Å². The van der Waals surface area contributed by atoms with Gasteiger partial charge in [-0.25, -0.2) is 4.79 Å². The summed E-state index contributed by atoms with van der Waals surface area (Å²) in [5, 5.41) is 3.83. The van der Waals surface area contributed by atoms with Crippen molar-refractivity contribution in [2.45, 2.75) is 13.1 Å². The van der Waals surface area contributed by atoms with E-state index in [1.807, 2.05) is 0 Å². The van der Waals surface area contributed by atoms with E-state index in [-0.39, 0.29) is 23.5 Å². The van der Waals surface area contributed by atoms with E-state index >= 15 is 0 Å². The number of hydrogen-bond donors (Lipinski definition) is 1. The van der Waals surface area contributed by atoms with Crippen LogP contribution in [0.2, 0.25) is 0 Å². The summed E-state index contributed by atoms with van der Waals surface area (Å²) in [7, 11) is 0. The van der Waals surface area contributed by atoms with E-state index in [1.165, 1.54) is 24.4 Å². The normalized spacial score (nSPS) is 11.7. The van der Waals surface area contributed by atoms with Gasteiger partial charge >= 0.3 is 12.1 Å². The van der Waals surface area contributed by atoms with Gasteiger partial charge in [-0.1, -0.05) is 12.1 Å². The van der Waals surface area contributed by atoms with Gasteiger partial charge in [-0.15, -0.1) is 0 Å². The minimum atomic E-state index is -4.45. The largest absolute Gasteiger partial charge is 0.462 e. The summed E-state index contributed by atoms with van der Waals surface area (Å²) in [6.45, 7) is 1.79. The lowest BCUT2D eigenvalue weighted by molar-refractivity contribution is -0.137. The molecule has 3 rings (SSSR count). The fraction of sp³-hybridized carbons (Fsp3) is 0.188. The molecule has 0 spiro atoms. The zero-order valence-corrected chi connectivity index (χ0v) is 12.9. The van der Waals surface area contributed by atoms with Crippen LogP contribution in [0.15, 0.2) is 41.3 Å². The van der Waals surface area contributed by atoms with E-state index in [2.05, 4.69) is 10.1 Å². The average molecular weight is 351 g/mol. The Balaban J connectivity index is 2.10. The van der Waals surface area contributed by atoms with Crippen molar-refractivity contribution >= 4 is 11.6 Å². The number of benzene rings is 1. The van der Waals surface area contributed by atoms with Crippen LogP contribution in [0.25, 0.3) is 16.9 Å². The first-order valence-corrected chi connectivity index (χ1v) is 7.27. The number of fused-ring (bicyclic) bond motifs is 1. The molecular weight excluding hydrogens is 339 g/mol. The number of aromatic amines is 1. The monoisotopic (exact) mass is 351 g/mol. The maximum Gasteiger partial charge on any atom is 0.416 e. The van der Waals surface area contributed by atoms with Crippen molar-refractivity contribution in [1.29, 1.82) is 0 Å². The van der Waals surface area contributed by atoms with E-state index in [0.717, 1.165) is 16.6 Å². The Labute approximate surface area is 138 Å². The van der Waals surface area contributed by atoms with Crippen LogP contribution in [-0.4, -0.2) is 27.2 Å². The number of halogens is 3. The Kier molecular flexibility index (Phi) is 4.07. The molecule has 0 bridgehead atoms. The van der Waals surface area contributed by atoms with Crippen LogP contribution in [0.1, 0.15) is 22.8 Å². The third-order valence-electron chi connectivity index (χ3n) is 3.52. The minimum Gasteiger partial charge on any atom is -0.462 e. The van der Waals surface area contributed by atoms with Crippen LogP contribution in [0.3, 0.4) is 0 Å². The average Bonchev–Trinajstić information content (AvgIpc) is 2.99. The Morgan fingerprint density at radius 1 is 1.28 bits per heavy atom. The van der Waals surface area contributed by atoms with Gasteiger partial charge in [-0.2, -0.15) is 22.8 Å². The van der Waals surface area contributed by atoms with Crippen LogP contribution in [0.4, 0.5) is 13.2 Å². The van der Waals surface area contributed by atoms with Crippen molar-refractivity contribution in [2.75, 3.05) is 6.61 Å². The maximum absolute atomic E-state index is 12.6. The fourth-order valence-corrected chi connectivity index (χ4v) is 2.34. The molecule has 0 amide bonds. The van der Waals surface area contributed by atoms with Crippen molar-refractivity contribution in [3.63, 3.8) is 0 Å². The molecule has 2 heterocycles. The van der Waals surface area contributed by atoms with E-state index < -0.39 is 23.3 Å². The maximum atomic E-state index is 12.6. The van der Waals surface area contributed by atoms with Gasteiger partial charge in [0.2, 0.25) is 0 Å². The van der Waals surface area contributed by atoms with E-state index in [0.29, 0.717) is 5.56 Å². The Morgan fingerprint density at radius 3 is 2.56 bits per heavy atom. The Morgan fingerprint density at radius 2 is 1.96 bits per heavy atom. The topological polar surface area (TPSA) is 76.5 Å². The van der Waals surface area contributed by atoms with Gasteiger partial charge in [-0.05, 0) is 24.6 Å². The molecule has 0 atom stereocenters. The number of hydrogen-bond acceptors (Lipinski definition) is 4. The molecule has 0 saturated carbocycles. The summed E-state index contributed by atoms with van der Waals surface area (Å²) in [5.41, 5.74) is -0.523. The molecule has 0 aliphatic carbocycles. The highest BCUT2D eigenvalue weighted by Gasteiger charge is 2.30. The van der Waals surface area contributed by atoms with Gasteiger partial charge in [0.25, 0.3) is 5.56 Å². The third kappa shape index (κ3) is 3.12. The molecule has 3 aromatic rings. The number of carbonyl (C=O) groups is 1. The number of rotatable bonds is 3. The van der Waals surface area contributed by atoms with Gasteiger partial charge in [0.1, 0.15) is 5.56 Å². The number of nitrogens with zero attached hydrogens (tertiary/aromatic N) is 2. The zero-order valence-electron chi connectivity index (χ0n) is 12.9. The first kappa shape index (κ1) is 16.7. The summed E-state index contributed by atoms with van der Waals surface area (Å²) in [5.74, 6) is -0.655. The number of nitrogens with one attached hydrogen (secondary N) is 1. The molecule has 6 nitrogen and oxygen atoms in total. The third-order valence-corrected chi connectivity index (χ3v) is 3.52. The molecule has 1 N–H and O–H groups in total. The predicted molar refractivity (Wildman–Crippen MR) is 82.2 cm³/mol. The van der Waals surface area contributed by atoms with Crippen molar-refractivity contribution < 1.29 is 22.7 Å². The number of ether oxygens (including phenoxy) is 1. The van der Waals surface area contributed by atoms with Crippen LogP contribution in [-0.2, 0) is 10.9 Å². The van der Waals surface area contributed by atoms with Crippen molar-refractivity contribution in [2.24, 2.45) is 0 Å². The zero-order chi connectivity index (χ0) is 18.2. The molecule has 130 valence electrons. The van der Waals surface area contributed by atoms with Gasteiger partial charge in [-0.3, -0.25) is 4.79 Å². The standard InChI is InChI=1S/C16H12F3N3O3/c1-2-25-15(24)11-8-20-22-13(23)7-12(21-14(11)22)9-3-5-10(6-4-9)16(17,18)19/h3-8,21H,2H2,1H3. The van der Waals surface area contributed by atoms with Gasteiger partial charge in [0, 0.05) is 6.07 Å². The molecule has 9 heteroatoms. The molecule has 0 unspecified atom stereocenters. The highest BCUT2D eigenvalue weighted by atomic mass is 19.4. The Hall–Kier alpha value is -3.10. The number of esters is 1. The summed E-state index contributed by atoms with van der Waals surface area (Å²) in [6, 6.07) is 5.51. The molecule has 0 radical (unpaired) electrons. The second-order valence-corrected chi connectivity index (χ2v) is 5.14. The summed E-state index contributed by atoms with van der Waals surface area (Å²) >= 11 is 0. The first-order valence-electron chi connectivity index (χ1n) is 7.27. The number of aromatic nitrogens is 3. The van der Waals surface area contributed by atoms with Crippen molar-refractivity contribution in [3.8, 4) is 11.3 Å². The van der Waals surface area contributed by atoms with Gasteiger partial charge in [0.05, 0.1) is 24.1 Å². The highest BCUT2D eigenvalue weighted by Crippen LogP contribution is 2.30. The molecule has 0 aliphatic rings. The summed E-state index contributed by atoms with van der Waals surface area (Å²) in [6.07, 6.45) is -3.25. The lowest BCUT2D eigenvalue weighted by Crippen LogP contribution is -2.15. The van der Waals surface area contributed by atoms with Crippen molar-refractivity contribution in [1.82, 2.24) is 14.6 Å². The Bertz CT molecular complexity index is 988. The highest BCUT2D eigenvalue weighted by molar-refractivity contribution is 5.95. The van der Waals surface area contributed by atoms with Crippen LogP contribution in [0, 0.1) is 0 Å². The van der Waals surface area contributed by atoms with E-state index in [4.69, 9.17) is 4.74 Å². The molecule has 25 heavy (non-hydrogen) atoms. The molecule has 0 aliphatic heterocycles. The number of H-pyrrole nitrogens is 1. The fourth-order valence-electron chi connectivity index (χ4n) is 2.34. The van der Waals surface area contributed by atoms with Crippen LogP contribution < -0.4 is 5.56 Å². The molecular formula is C16H12F3N3O3. The SMILES string of the molecule is CCOC(=O)c1cnn2c(=O)cc(-c3ccc(C(F)(F)F)cc3)[nH]c12. The first-order chi connectivity index (χ1) is 11.8. The molecule has 1 aromatic carbocycles. The number of alkyl halides is 3. The summed E-state index contributed by atoms with van der Waals surface area (Å²) in [4.78, 5) is 26.9. The smallest absolute Gasteiger partial charge is 0.416 e. The second kappa shape index (κ2) is 6.08. The minimum absolute atomic E-state index is 0.0627. The van der Waals surface area contributed by atoms with Crippen LogP contribution >= 0.6 is 0 Å². The van der Waals surface area contributed by atoms with Crippen LogP contribution in [0.5, 0.6) is 0 Å². The number of carbonyl (C=O) groups excluding carboxylic acids is 1. The van der Waals surface area contributed by atoms with Crippen molar-refractivity contribution in [3.05, 3.63) is 58.0 Å². The lowest BCUT2D eigenvalue weighted by Gasteiger charge is -2.08. The molecule has 0 saturated heterocycles. The summed E-state index contributed by atoms with van der Waals surface area (Å²) < 4.78 is 43.8. The molecule has 2 aromatic heterocycles. The predicted octanol–water partition coefficient (Wildman–Crippen LogP) is 2.89. The quantitative estimate of drug-likeness (QED) is 0.736.